The first-order valence-corrected chi connectivity index (χ1v) is 9.17. The molecule has 2 saturated heterocycles. The Hall–Kier alpha value is -1.75. The molecule has 132 valence electrons. The quantitative estimate of drug-likeness (QED) is 0.900. The lowest BCUT2D eigenvalue weighted by Gasteiger charge is -2.25. The van der Waals surface area contributed by atoms with Crippen molar-refractivity contribution in [3.05, 3.63) is 24.3 Å². The van der Waals surface area contributed by atoms with Crippen LogP contribution in [0.25, 0.3) is 0 Å². The van der Waals surface area contributed by atoms with E-state index in [0.29, 0.717) is 13.2 Å². The van der Waals surface area contributed by atoms with Crippen LogP contribution in [-0.4, -0.2) is 49.8 Å². The molecule has 5 nitrogen and oxygen atoms in total. The van der Waals surface area contributed by atoms with Crippen LogP contribution >= 0.6 is 0 Å². The number of nitrogens with zero attached hydrogens (tertiary/aromatic N) is 1. The minimum Gasteiger partial charge on any atom is -0.488 e. The Kier molecular flexibility index (Phi) is 6.35. The molecule has 1 unspecified atom stereocenters. The Balaban J connectivity index is 1.44. The number of benzene rings is 1. The van der Waals surface area contributed by atoms with E-state index in [1.807, 2.05) is 29.2 Å². The third-order valence-electron chi connectivity index (χ3n) is 4.70. The van der Waals surface area contributed by atoms with Crippen molar-refractivity contribution < 1.29 is 14.3 Å². The molecular weight excluding hydrogens is 304 g/mol. The van der Waals surface area contributed by atoms with Crippen LogP contribution in [-0.2, 0) is 9.53 Å². The van der Waals surface area contributed by atoms with Gasteiger partial charge in [-0.25, -0.2) is 0 Å². The molecule has 0 aromatic heterocycles. The van der Waals surface area contributed by atoms with Gasteiger partial charge < -0.3 is 19.7 Å². The molecule has 0 radical (unpaired) electrons. The number of hydrogen-bond donors (Lipinski definition) is 1. The molecule has 1 aromatic rings. The summed E-state index contributed by atoms with van der Waals surface area (Å²) in [4.78, 5) is 14.4. The van der Waals surface area contributed by atoms with Gasteiger partial charge in [0.25, 0.3) is 0 Å². The molecule has 0 saturated carbocycles. The molecule has 2 aliphatic heterocycles. The van der Waals surface area contributed by atoms with Crippen LogP contribution in [0.2, 0.25) is 0 Å². The number of ether oxygens (including phenoxy) is 2. The molecule has 1 aromatic carbocycles. The second-order valence-corrected chi connectivity index (χ2v) is 6.63. The standard InChI is InChI=1S/C19H28N2O3/c22-19(21-11-4-2-1-3-5-12-21)14-20-16-6-8-17(9-7-16)24-18-10-13-23-15-18/h6-9,18,20H,1-5,10-15H2. The van der Waals surface area contributed by atoms with E-state index >= 15 is 0 Å². The third kappa shape index (κ3) is 5.13. The van der Waals surface area contributed by atoms with Crippen LogP contribution in [0.15, 0.2) is 24.3 Å². The van der Waals surface area contributed by atoms with Crippen LogP contribution in [0.5, 0.6) is 5.75 Å². The Labute approximate surface area is 144 Å². The van der Waals surface area contributed by atoms with Gasteiger partial charge in [-0.3, -0.25) is 4.79 Å². The van der Waals surface area contributed by atoms with E-state index in [0.717, 1.165) is 50.4 Å². The van der Waals surface area contributed by atoms with Crippen LogP contribution in [0, 0.1) is 0 Å². The van der Waals surface area contributed by atoms with E-state index in [-0.39, 0.29) is 12.0 Å². The fourth-order valence-electron chi connectivity index (χ4n) is 3.24. The zero-order chi connectivity index (χ0) is 16.6. The van der Waals surface area contributed by atoms with E-state index in [9.17, 15) is 4.79 Å². The number of carbonyl (C=O) groups excluding carboxylic acids is 1. The summed E-state index contributed by atoms with van der Waals surface area (Å²) in [6.07, 6.45) is 7.16. The van der Waals surface area contributed by atoms with Gasteiger partial charge in [-0.2, -0.15) is 0 Å². The van der Waals surface area contributed by atoms with Gasteiger partial charge in [0.1, 0.15) is 11.9 Å². The monoisotopic (exact) mass is 332 g/mol. The molecule has 0 aliphatic carbocycles. The lowest BCUT2D eigenvalue weighted by atomic mass is 10.1. The number of rotatable bonds is 5. The van der Waals surface area contributed by atoms with E-state index in [2.05, 4.69) is 5.32 Å². The normalized spacial score (nSPS) is 21.8. The molecule has 1 atom stereocenters. The third-order valence-corrected chi connectivity index (χ3v) is 4.70. The zero-order valence-electron chi connectivity index (χ0n) is 14.3. The van der Waals surface area contributed by atoms with E-state index < -0.39 is 0 Å². The second-order valence-electron chi connectivity index (χ2n) is 6.63. The smallest absolute Gasteiger partial charge is 0.241 e. The maximum atomic E-state index is 12.4. The summed E-state index contributed by atoms with van der Waals surface area (Å²) in [7, 11) is 0. The number of anilines is 1. The highest BCUT2D eigenvalue weighted by Crippen LogP contribution is 2.19. The van der Waals surface area contributed by atoms with Gasteiger partial charge in [-0.1, -0.05) is 19.3 Å². The maximum absolute atomic E-state index is 12.4. The lowest BCUT2D eigenvalue weighted by molar-refractivity contribution is -0.129. The number of nitrogens with one attached hydrogen (secondary N) is 1. The topological polar surface area (TPSA) is 50.8 Å². The molecule has 5 heteroatoms. The van der Waals surface area contributed by atoms with Crippen molar-refractivity contribution in [3.63, 3.8) is 0 Å². The minimum atomic E-state index is 0.164. The summed E-state index contributed by atoms with van der Waals surface area (Å²) in [5.41, 5.74) is 0.949. The highest BCUT2D eigenvalue weighted by Gasteiger charge is 2.17. The average Bonchev–Trinajstić information content (AvgIpc) is 3.07. The molecule has 2 aliphatic rings. The first kappa shape index (κ1) is 17.1. The van der Waals surface area contributed by atoms with Crippen molar-refractivity contribution in [3.8, 4) is 5.75 Å². The number of amides is 1. The van der Waals surface area contributed by atoms with Crippen molar-refractivity contribution in [2.45, 2.75) is 44.6 Å². The summed E-state index contributed by atoms with van der Waals surface area (Å²) < 4.78 is 11.2. The first-order valence-electron chi connectivity index (χ1n) is 9.17. The molecular formula is C19H28N2O3. The fraction of sp³-hybridized carbons (Fsp3) is 0.632. The largest absolute Gasteiger partial charge is 0.488 e. The van der Waals surface area contributed by atoms with Gasteiger partial charge >= 0.3 is 0 Å². The summed E-state index contributed by atoms with van der Waals surface area (Å²) in [6.45, 7) is 3.61. The highest BCUT2D eigenvalue weighted by molar-refractivity contribution is 5.80. The Bertz CT molecular complexity index is 504. The number of hydrogen-bond acceptors (Lipinski definition) is 4. The molecule has 0 bridgehead atoms. The first-order chi connectivity index (χ1) is 11.8. The van der Waals surface area contributed by atoms with Crippen molar-refractivity contribution in [2.75, 3.05) is 38.2 Å². The van der Waals surface area contributed by atoms with Crippen LogP contribution < -0.4 is 10.1 Å². The zero-order valence-corrected chi connectivity index (χ0v) is 14.3. The molecule has 2 heterocycles. The average molecular weight is 332 g/mol. The summed E-state index contributed by atoms with van der Waals surface area (Å²) in [5, 5.41) is 3.23. The molecule has 1 N–H and O–H groups in total. The van der Waals surface area contributed by atoms with E-state index in [1.165, 1.54) is 19.3 Å². The summed E-state index contributed by atoms with van der Waals surface area (Å²) in [5.74, 6) is 1.05. The Morgan fingerprint density at radius 3 is 2.50 bits per heavy atom. The van der Waals surface area contributed by atoms with Crippen LogP contribution in [0.4, 0.5) is 5.69 Å². The predicted octanol–water partition coefficient (Wildman–Crippen LogP) is 3.06. The van der Waals surface area contributed by atoms with Gasteiger partial charge in [0.15, 0.2) is 0 Å². The molecule has 3 rings (SSSR count). The van der Waals surface area contributed by atoms with Gasteiger partial charge in [0.2, 0.25) is 5.91 Å². The van der Waals surface area contributed by atoms with E-state index in [1.54, 1.807) is 0 Å². The van der Waals surface area contributed by atoms with Gasteiger partial charge in [0.05, 0.1) is 19.8 Å². The van der Waals surface area contributed by atoms with Crippen LogP contribution in [0.3, 0.4) is 0 Å². The van der Waals surface area contributed by atoms with Gasteiger partial charge in [0, 0.05) is 25.2 Å². The lowest BCUT2D eigenvalue weighted by Crippen LogP contribution is -2.37. The van der Waals surface area contributed by atoms with Crippen molar-refractivity contribution in [2.24, 2.45) is 0 Å². The van der Waals surface area contributed by atoms with Crippen molar-refractivity contribution >= 4 is 11.6 Å². The predicted molar refractivity (Wildman–Crippen MR) is 94.4 cm³/mol. The van der Waals surface area contributed by atoms with Crippen molar-refractivity contribution in [1.29, 1.82) is 0 Å². The highest BCUT2D eigenvalue weighted by atomic mass is 16.5. The minimum absolute atomic E-state index is 0.164. The Morgan fingerprint density at radius 2 is 1.83 bits per heavy atom. The molecule has 2 fully saturated rings. The number of likely N-dealkylation sites (tertiary alicyclic amines) is 1. The Morgan fingerprint density at radius 1 is 1.12 bits per heavy atom. The van der Waals surface area contributed by atoms with Gasteiger partial charge in [-0.15, -0.1) is 0 Å². The summed E-state index contributed by atoms with van der Waals surface area (Å²) >= 11 is 0. The van der Waals surface area contributed by atoms with Gasteiger partial charge in [-0.05, 0) is 37.1 Å². The maximum Gasteiger partial charge on any atom is 0.241 e. The van der Waals surface area contributed by atoms with Crippen LogP contribution in [0.1, 0.15) is 38.5 Å². The molecule has 24 heavy (non-hydrogen) atoms. The SMILES string of the molecule is O=C(CNc1ccc(OC2CCOC2)cc1)N1CCCCCCC1. The second kappa shape index (κ2) is 8.92. The van der Waals surface area contributed by atoms with Crippen molar-refractivity contribution in [1.82, 2.24) is 4.90 Å². The number of carbonyl (C=O) groups is 1. The fourth-order valence-corrected chi connectivity index (χ4v) is 3.24. The van der Waals surface area contributed by atoms with E-state index in [4.69, 9.17) is 9.47 Å². The molecule has 0 spiro atoms. The summed E-state index contributed by atoms with van der Waals surface area (Å²) in [6, 6.07) is 7.82. The molecule has 1 amide bonds.